The van der Waals surface area contributed by atoms with E-state index in [-0.39, 0.29) is 15.3 Å². The van der Waals surface area contributed by atoms with Gasteiger partial charge in [0.05, 0.1) is 5.56 Å². The van der Waals surface area contributed by atoms with E-state index in [1.165, 1.54) is 6.07 Å². The maximum atomic E-state index is 12.5. The lowest BCUT2D eigenvalue weighted by Crippen LogP contribution is -1.96. The second-order valence-corrected chi connectivity index (χ2v) is 3.94. The molecule has 13 heavy (non-hydrogen) atoms. The first-order valence-corrected chi connectivity index (χ1v) is 5.54. The highest BCUT2D eigenvalue weighted by Gasteiger charge is 2.18. The Balaban J connectivity index is 3.30. The normalized spacial score (nSPS) is 10.9. The van der Waals surface area contributed by atoms with Gasteiger partial charge in [-0.05, 0) is 27.6 Å². The van der Waals surface area contributed by atoms with Crippen LogP contribution in [0.3, 0.4) is 0 Å². The fourth-order valence-electron chi connectivity index (χ4n) is 0.881. The van der Waals surface area contributed by atoms with Crippen LogP contribution in [0, 0.1) is 0 Å². The molecule has 0 N–H and O–H groups in total. The van der Waals surface area contributed by atoms with Gasteiger partial charge in [0, 0.05) is 5.33 Å². The van der Waals surface area contributed by atoms with E-state index < -0.39 is 6.43 Å². The van der Waals surface area contributed by atoms with Gasteiger partial charge < -0.3 is 0 Å². The average molecular weight is 335 g/mol. The topological polar surface area (TPSA) is 12.9 Å². The van der Waals surface area contributed by atoms with Gasteiger partial charge in [0.25, 0.3) is 6.43 Å². The molecule has 0 aliphatic heterocycles. The van der Waals surface area contributed by atoms with Crippen LogP contribution in [0.25, 0.3) is 0 Å². The molecule has 1 aromatic heterocycles. The van der Waals surface area contributed by atoms with Crippen LogP contribution >= 0.6 is 43.5 Å². The van der Waals surface area contributed by atoms with E-state index in [1.54, 1.807) is 0 Å². The quantitative estimate of drug-likeness (QED) is 0.579. The number of halogens is 5. The van der Waals surface area contributed by atoms with Crippen LogP contribution in [-0.2, 0) is 5.33 Å². The minimum atomic E-state index is -2.55. The molecule has 1 aromatic rings. The van der Waals surface area contributed by atoms with Crippen LogP contribution in [-0.4, -0.2) is 4.98 Å². The molecule has 1 heterocycles. The molecule has 0 unspecified atom stereocenters. The Morgan fingerprint density at radius 3 is 2.62 bits per heavy atom. The summed E-state index contributed by atoms with van der Waals surface area (Å²) in [5, 5.41) is 0.527. The number of rotatable bonds is 2. The van der Waals surface area contributed by atoms with Gasteiger partial charge in [-0.2, -0.15) is 0 Å². The summed E-state index contributed by atoms with van der Waals surface area (Å²) in [5.74, 6) is 0. The molecule has 0 aromatic carbocycles. The fraction of sp³-hybridized carbons (Fsp3) is 0.286. The third kappa shape index (κ3) is 2.60. The molecular formula is C7H4Br2ClF2N. The molecule has 0 saturated carbocycles. The van der Waals surface area contributed by atoms with Crippen LogP contribution in [0.2, 0.25) is 5.15 Å². The van der Waals surface area contributed by atoms with Gasteiger partial charge in [-0.15, -0.1) is 0 Å². The number of nitrogens with zero attached hydrogens (tertiary/aromatic N) is 1. The zero-order valence-electron chi connectivity index (χ0n) is 6.20. The second kappa shape index (κ2) is 4.66. The summed E-state index contributed by atoms with van der Waals surface area (Å²) in [4.78, 5) is 3.68. The summed E-state index contributed by atoms with van der Waals surface area (Å²) in [6, 6.07) is 1.42. The van der Waals surface area contributed by atoms with Gasteiger partial charge in [0.15, 0.2) is 0 Å². The highest BCUT2D eigenvalue weighted by Crippen LogP contribution is 2.32. The molecule has 1 nitrogen and oxygen atoms in total. The first-order valence-electron chi connectivity index (χ1n) is 3.25. The second-order valence-electron chi connectivity index (χ2n) is 2.24. The van der Waals surface area contributed by atoms with Crippen LogP contribution < -0.4 is 0 Å². The van der Waals surface area contributed by atoms with E-state index in [0.717, 1.165) is 0 Å². The highest BCUT2D eigenvalue weighted by molar-refractivity contribution is 9.10. The first-order chi connectivity index (χ1) is 6.06. The average Bonchev–Trinajstić information content (AvgIpc) is 2.01. The van der Waals surface area contributed by atoms with Gasteiger partial charge in [-0.25, -0.2) is 13.8 Å². The van der Waals surface area contributed by atoms with Crippen molar-refractivity contribution in [3.05, 3.63) is 26.9 Å². The molecule has 0 aliphatic rings. The molecule has 0 fully saturated rings. The molecule has 0 amide bonds. The van der Waals surface area contributed by atoms with Crippen molar-refractivity contribution in [2.75, 3.05) is 0 Å². The van der Waals surface area contributed by atoms with Gasteiger partial charge in [-0.1, -0.05) is 27.5 Å². The number of alkyl halides is 3. The molecule has 72 valence electrons. The Morgan fingerprint density at radius 1 is 1.54 bits per heavy atom. The molecule has 0 saturated heterocycles. The standard InChI is InChI=1S/C7H4Br2ClF2N/c8-2-3-1-4(10)13-6(9)5(3)7(11)12/h1,7H,2H2. The fourth-order valence-corrected chi connectivity index (χ4v) is 2.28. The van der Waals surface area contributed by atoms with E-state index in [1.807, 2.05) is 0 Å². The molecule has 6 heteroatoms. The lowest BCUT2D eigenvalue weighted by molar-refractivity contribution is 0.149. The van der Waals surface area contributed by atoms with Crippen LogP contribution in [0.5, 0.6) is 0 Å². The molecule has 0 atom stereocenters. The van der Waals surface area contributed by atoms with Crippen molar-refractivity contribution in [2.45, 2.75) is 11.8 Å². The van der Waals surface area contributed by atoms with Gasteiger partial charge >= 0.3 is 0 Å². The third-order valence-electron chi connectivity index (χ3n) is 1.43. The van der Waals surface area contributed by atoms with Crippen molar-refractivity contribution in [1.82, 2.24) is 4.98 Å². The predicted octanol–water partition coefficient (Wildman–Crippen LogP) is 4.33. The van der Waals surface area contributed by atoms with Crippen molar-refractivity contribution in [3.63, 3.8) is 0 Å². The molecule has 0 bridgehead atoms. The largest absolute Gasteiger partial charge is 0.266 e. The summed E-state index contributed by atoms with van der Waals surface area (Å²) in [6.07, 6.45) is -2.55. The predicted molar refractivity (Wildman–Crippen MR) is 54.5 cm³/mol. The third-order valence-corrected chi connectivity index (χ3v) is 2.83. The van der Waals surface area contributed by atoms with E-state index in [0.29, 0.717) is 10.9 Å². The Bertz CT molecular complexity index is 320. The maximum absolute atomic E-state index is 12.5. The van der Waals surface area contributed by atoms with E-state index in [2.05, 4.69) is 36.8 Å². The van der Waals surface area contributed by atoms with Gasteiger partial charge in [-0.3, -0.25) is 0 Å². The monoisotopic (exact) mass is 333 g/mol. The van der Waals surface area contributed by atoms with E-state index in [9.17, 15) is 8.78 Å². The van der Waals surface area contributed by atoms with Crippen LogP contribution in [0.4, 0.5) is 8.78 Å². The number of aromatic nitrogens is 1. The molecule has 0 aliphatic carbocycles. The summed E-state index contributed by atoms with van der Waals surface area (Å²) < 4.78 is 25.0. The Hall–Kier alpha value is 0.260. The SMILES string of the molecule is FC(F)c1c(CBr)cc(Cl)nc1Br. The van der Waals surface area contributed by atoms with Crippen molar-refractivity contribution < 1.29 is 8.78 Å². The number of hydrogen-bond acceptors (Lipinski definition) is 1. The Kier molecular flexibility index (Phi) is 4.06. The van der Waals surface area contributed by atoms with Crippen molar-refractivity contribution in [2.24, 2.45) is 0 Å². The van der Waals surface area contributed by atoms with E-state index >= 15 is 0 Å². The zero-order chi connectivity index (χ0) is 10.0. The minimum Gasteiger partial charge on any atom is -0.229 e. The van der Waals surface area contributed by atoms with Crippen LogP contribution in [0.15, 0.2) is 10.7 Å². The molecule has 0 spiro atoms. The molecule has 0 radical (unpaired) electrons. The highest BCUT2D eigenvalue weighted by atomic mass is 79.9. The van der Waals surface area contributed by atoms with Crippen LogP contribution in [0.1, 0.15) is 17.6 Å². The van der Waals surface area contributed by atoms with Crippen molar-refractivity contribution >= 4 is 43.5 Å². The molecule has 1 rings (SSSR count). The molecular weight excluding hydrogens is 331 g/mol. The van der Waals surface area contributed by atoms with Gasteiger partial charge in [0.2, 0.25) is 0 Å². The number of hydrogen-bond donors (Lipinski definition) is 0. The zero-order valence-corrected chi connectivity index (χ0v) is 10.1. The maximum Gasteiger partial charge on any atom is 0.266 e. The Morgan fingerprint density at radius 2 is 2.15 bits per heavy atom. The van der Waals surface area contributed by atoms with Crippen molar-refractivity contribution in [3.8, 4) is 0 Å². The van der Waals surface area contributed by atoms with E-state index in [4.69, 9.17) is 11.6 Å². The van der Waals surface area contributed by atoms with Crippen molar-refractivity contribution in [1.29, 1.82) is 0 Å². The lowest BCUT2D eigenvalue weighted by atomic mass is 10.2. The van der Waals surface area contributed by atoms with Gasteiger partial charge in [0.1, 0.15) is 9.76 Å². The summed E-state index contributed by atoms with van der Waals surface area (Å²) in [6.45, 7) is 0. The smallest absolute Gasteiger partial charge is 0.229 e. The number of pyridine rings is 1. The summed E-state index contributed by atoms with van der Waals surface area (Å²) in [5.41, 5.74) is 0.336. The lowest BCUT2D eigenvalue weighted by Gasteiger charge is -2.08. The minimum absolute atomic E-state index is 0.101. The summed E-state index contributed by atoms with van der Waals surface area (Å²) >= 11 is 11.6. The Labute approximate surface area is 95.8 Å². The first kappa shape index (κ1) is 11.3. The summed E-state index contributed by atoms with van der Waals surface area (Å²) in [7, 11) is 0.